The van der Waals surface area contributed by atoms with Gasteiger partial charge in [0.15, 0.2) is 0 Å². The quantitative estimate of drug-likeness (QED) is 0.402. The molecule has 33 heavy (non-hydrogen) atoms. The Bertz CT molecular complexity index is 1060. The van der Waals surface area contributed by atoms with E-state index >= 15 is 0 Å². The molecule has 0 spiro atoms. The monoisotopic (exact) mass is 482 g/mol. The first-order valence-electron chi connectivity index (χ1n) is 11.1. The van der Waals surface area contributed by atoms with Crippen LogP contribution in [0.3, 0.4) is 0 Å². The van der Waals surface area contributed by atoms with Gasteiger partial charge in [-0.3, -0.25) is 9.59 Å². The van der Waals surface area contributed by atoms with Crippen molar-refractivity contribution in [1.29, 1.82) is 0 Å². The van der Waals surface area contributed by atoms with E-state index in [-0.39, 0.29) is 18.2 Å². The van der Waals surface area contributed by atoms with Crippen molar-refractivity contribution in [2.75, 3.05) is 6.54 Å². The second-order valence-electron chi connectivity index (χ2n) is 7.84. The highest BCUT2D eigenvalue weighted by molar-refractivity contribution is 6.31. The molecule has 3 aromatic carbocycles. The molecule has 0 aromatic heterocycles. The van der Waals surface area contributed by atoms with Crippen LogP contribution < -0.4 is 5.32 Å². The van der Waals surface area contributed by atoms with Gasteiger partial charge in [-0.2, -0.15) is 0 Å². The summed E-state index contributed by atoms with van der Waals surface area (Å²) >= 11 is 12.3. The largest absolute Gasteiger partial charge is 0.355 e. The number of carbonyl (C=O) groups is 2. The van der Waals surface area contributed by atoms with Gasteiger partial charge in [0.25, 0.3) is 0 Å². The number of rotatable bonds is 10. The molecule has 2 amide bonds. The summed E-state index contributed by atoms with van der Waals surface area (Å²) in [7, 11) is 0. The molecular formula is C27H28Cl2N2O2. The third-order valence-corrected chi connectivity index (χ3v) is 6.08. The Morgan fingerprint density at radius 1 is 0.879 bits per heavy atom. The van der Waals surface area contributed by atoms with Crippen LogP contribution in [0, 0.1) is 0 Å². The average molecular weight is 483 g/mol. The first kappa shape index (κ1) is 24.8. The van der Waals surface area contributed by atoms with Crippen molar-refractivity contribution in [2.24, 2.45) is 0 Å². The van der Waals surface area contributed by atoms with Gasteiger partial charge in [-0.25, -0.2) is 0 Å². The smallest absolute Gasteiger partial charge is 0.243 e. The summed E-state index contributed by atoms with van der Waals surface area (Å²) in [6, 6.07) is 24.0. The molecule has 0 radical (unpaired) electrons. The van der Waals surface area contributed by atoms with E-state index in [0.717, 1.165) is 16.7 Å². The van der Waals surface area contributed by atoms with Gasteiger partial charge in [0.2, 0.25) is 11.8 Å². The molecule has 4 nitrogen and oxygen atoms in total. The van der Waals surface area contributed by atoms with Crippen LogP contribution >= 0.6 is 23.2 Å². The van der Waals surface area contributed by atoms with Crippen molar-refractivity contribution < 1.29 is 9.59 Å². The summed E-state index contributed by atoms with van der Waals surface area (Å²) in [5.41, 5.74) is 2.82. The van der Waals surface area contributed by atoms with Crippen LogP contribution in [0.15, 0.2) is 78.9 Å². The second-order valence-corrected chi connectivity index (χ2v) is 8.68. The van der Waals surface area contributed by atoms with Crippen molar-refractivity contribution in [3.05, 3.63) is 106 Å². The lowest BCUT2D eigenvalue weighted by Crippen LogP contribution is -2.50. The number of nitrogens with one attached hydrogen (secondary N) is 1. The van der Waals surface area contributed by atoms with E-state index in [1.807, 2.05) is 73.7 Å². The summed E-state index contributed by atoms with van der Waals surface area (Å²) in [4.78, 5) is 28.3. The number of amides is 2. The zero-order chi connectivity index (χ0) is 23.6. The number of carbonyl (C=O) groups excluding carboxylic acids is 2. The van der Waals surface area contributed by atoms with Gasteiger partial charge in [-0.05, 0) is 48.2 Å². The summed E-state index contributed by atoms with van der Waals surface area (Å²) in [5.74, 6) is -0.265. The summed E-state index contributed by atoms with van der Waals surface area (Å²) in [6.07, 6.45) is 1.18. The van der Waals surface area contributed by atoms with Crippen LogP contribution in [0.1, 0.15) is 30.0 Å². The van der Waals surface area contributed by atoms with Gasteiger partial charge in [-0.15, -0.1) is 0 Å². The predicted molar refractivity (Wildman–Crippen MR) is 134 cm³/mol. The van der Waals surface area contributed by atoms with E-state index < -0.39 is 6.04 Å². The molecule has 3 aromatic rings. The molecule has 0 fully saturated rings. The third-order valence-electron chi connectivity index (χ3n) is 5.45. The van der Waals surface area contributed by atoms with E-state index in [1.54, 1.807) is 17.0 Å². The van der Waals surface area contributed by atoms with E-state index in [4.69, 9.17) is 23.2 Å². The minimum absolute atomic E-state index is 0.1000. The minimum atomic E-state index is -0.637. The number of hydrogen-bond acceptors (Lipinski definition) is 2. The molecule has 1 N–H and O–H groups in total. The maximum atomic E-state index is 13.5. The predicted octanol–water partition coefficient (Wildman–Crippen LogP) is 5.70. The van der Waals surface area contributed by atoms with Crippen LogP contribution in [0.4, 0.5) is 0 Å². The summed E-state index contributed by atoms with van der Waals surface area (Å²) < 4.78 is 0. The lowest BCUT2D eigenvalue weighted by Gasteiger charge is -2.31. The number of hydrogen-bond donors (Lipinski definition) is 1. The van der Waals surface area contributed by atoms with Crippen LogP contribution in [0.5, 0.6) is 0 Å². The van der Waals surface area contributed by atoms with E-state index in [9.17, 15) is 9.59 Å². The van der Waals surface area contributed by atoms with Gasteiger partial charge in [0, 0.05) is 36.0 Å². The lowest BCUT2D eigenvalue weighted by atomic mass is 10.0. The first-order chi connectivity index (χ1) is 16.0. The molecule has 0 unspecified atom stereocenters. The zero-order valence-electron chi connectivity index (χ0n) is 18.6. The molecular weight excluding hydrogens is 455 g/mol. The number of benzene rings is 3. The third kappa shape index (κ3) is 7.34. The van der Waals surface area contributed by atoms with Gasteiger partial charge < -0.3 is 10.2 Å². The maximum absolute atomic E-state index is 13.5. The van der Waals surface area contributed by atoms with Crippen LogP contribution in [-0.4, -0.2) is 29.3 Å². The Labute approximate surface area is 205 Å². The molecule has 0 aliphatic heterocycles. The molecule has 6 heteroatoms. The number of nitrogens with zero attached hydrogens (tertiary/aromatic N) is 1. The van der Waals surface area contributed by atoms with E-state index in [0.29, 0.717) is 36.0 Å². The summed E-state index contributed by atoms with van der Waals surface area (Å²) in [5, 5.41) is 4.17. The normalized spacial score (nSPS) is 11.6. The van der Waals surface area contributed by atoms with Crippen molar-refractivity contribution in [3.8, 4) is 0 Å². The van der Waals surface area contributed by atoms with E-state index in [2.05, 4.69) is 5.32 Å². The standard InChI is InChI=1S/C27H28Cl2N2O2/c1-2-30-27(33)25(18-20-8-4-3-5-9-20)31(19-21-12-15-23(28)16-13-21)26(32)17-14-22-10-6-7-11-24(22)29/h3-13,15-16,25H,2,14,17-19H2,1H3,(H,30,33)/t25-/m1/s1. The molecule has 0 saturated carbocycles. The fourth-order valence-electron chi connectivity index (χ4n) is 3.72. The van der Waals surface area contributed by atoms with Gasteiger partial charge in [0.1, 0.15) is 6.04 Å². The number of likely N-dealkylation sites (N-methyl/N-ethyl adjacent to an activating group) is 1. The Balaban J connectivity index is 1.89. The first-order valence-corrected chi connectivity index (χ1v) is 11.8. The molecule has 1 atom stereocenters. The highest BCUT2D eigenvalue weighted by Crippen LogP contribution is 2.20. The molecule has 3 rings (SSSR count). The molecule has 0 aliphatic carbocycles. The van der Waals surface area contributed by atoms with Gasteiger partial charge in [-0.1, -0.05) is 83.9 Å². The SMILES string of the molecule is CCNC(=O)[C@@H](Cc1ccccc1)N(Cc1ccc(Cl)cc1)C(=O)CCc1ccccc1Cl. The maximum Gasteiger partial charge on any atom is 0.243 e. The lowest BCUT2D eigenvalue weighted by molar-refractivity contribution is -0.141. The second kappa shape index (κ2) is 12.4. The Kier molecular flexibility index (Phi) is 9.35. The fraction of sp³-hybridized carbons (Fsp3) is 0.259. The van der Waals surface area contributed by atoms with E-state index in [1.165, 1.54) is 0 Å². The number of halogens is 2. The highest BCUT2D eigenvalue weighted by atomic mass is 35.5. The molecule has 0 bridgehead atoms. The fourth-order valence-corrected chi connectivity index (χ4v) is 4.08. The topological polar surface area (TPSA) is 49.4 Å². The van der Waals surface area contributed by atoms with Gasteiger partial charge in [0.05, 0.1) is 0 Å². The zero-order valence-corrected chi connectivity index (χ0v) is 20.1. The highest BCUT2D eigenvalue weighted by Gasteiger charge is 2.30. The van der Waals surface area contributed by atoms with Crippen LogP contribution in [0.2, 0.25) is 10.0 Å². The van der Waals surface area contributed by atoms with Gasteiger partial charge >= 0.3 is 0 Å². The van der Waals surface area contributed by atoms with Crippen LogP contribution in [0.25, 0.3) is 0 Å². The molecule has 0 aliphatic rings. The Morgan fingerprint density at radius 3 is 2.21 bits per heavy atom. The van der Waals surface area contributed by atoms with Crippen molar-refractivity contribution in [1.82, 2.24) is 10.2 Å². The number of aryl methyl sites for hydroxylation is 1. The molecule has 0 saturated heterocycles. The molecule has 172 valence electrons. The molecule has 0 heterocycles. The average Bonchev–Trinajstić information content (AvgIpc) is 2.82. The Hall–Kier alpha value is -2.82. The summed E-state index contributed by atoms with van der Waals surface area (Å²) in [6.45, 7) is 2.68. The van der Waals surface area contributed by atoms with Crippen molar-refractivity contribution >= 4 is 35.0 Å². The Morgan fingerprint density at radius 2 is 1.55 bits per heavy atom. The van der Waals surface area contributed by atoms with Crippen LogP contribution in [-0.2, 0) is 29.0 Å². The van der Waals surface area contributed by atoms with Crippen molar-refractivity contribution in [3.63, 3.8) is 0 Å². The minimum Gasteiger partial charge on any atom is -0.355 e. The van der Waals surface area contributed by atoms with Crippen molar-refractivity contribution in [2.45, 2.75) is 38.8 Å².